The third-order valence-electron chi connectivity index (χ3n) is 2.61. The first-order valence-corrected chi connectivity index (χ1v) is 5.30. The van der Waals surface area contributed by atoms with Crippen LogP contribution in [-0.2, 0) is 7.05 Å². The number of nitrogens with zero attached hydrogens (tertiary/aromatic N) is 4. The van der Waals surface area contributed by atoms with Crippen molar-refractivity contribution < 1.29 is 0 Å². The van der Waals surface area contributed by atoms with Crippen molar-refractivity contribution in [2.45, 2.75) is 6.92 Å². The van der Waals surface area contributed by atoms with Crippen LogP contribution in [0.1, 0.15) is 5.69 Å². The Morgan fingerprint density at radius 2 is 2.24 bits per heavy atom. The Labute approximate surface area is 97.7 Å². The van der Waals surface area contributed by atoms with Gasteiger partial charge in [0.2, 0.25) is 0 Å². The average molecular weight is 228 g/mol. The maximum atomic E-state index is 4.32. The van der Waals surface area contributed by atoms with Gasteiger partial charge < -0.3 is 5.32 Å². The largest absolute Gasteiger partial charge is 0.323 e. The van der Waals surface area contributed by atoms with Crippen LogP contribution in [0.2, 0.25) is 0 Å². The van der Waals surface area contributed by atoms with Crippen molar-refractivity contribution in [3.05, 3.63) is 30.2 Å². The number of hydrogen-bond acceptors (Lipinski definition) is 4. The molecule has 6 nitrogen and oxygen atoms in total. The third-order valence-corrected chi connectivity index (χ3v) is 2.61. The molecule has 3 aromatic rings. The fourth-order valence-electron chi connectivity index (χ4n) is 1.81. The van der Waals surface area contributed by atoms with Crippen LogP contribution in [0.15, 0.2) is 24.5 Å². The molecule has 86 valence electrons. The molecule has 0 fully saturated rings. The number of aromatic nitrogens is 5. The molecule has 0 aliphatic carbocycles. The van der Waals surface area contributed by atoms with Gasteiger partial charge in [0.25, 0.3) is 0 Å². The summed E-state index contributed by atoms with van der Waals surface area (Å²) in [5.41, 5.74) is 1.89. The molecular formula is C11H12N6. The van der Waals surface area contributed by atoms with Crippen LogP contribution in [-0.4, -0.2) is 25.0 Å². The standard InChI is InChI=1S/C11H12N6/c1-7-10-8(15-14-7)3-5-12-11(10)13-9-4-6-17(2)16-9/h3-6H,1-2H3,(H,14,15)(H,12,13,16). The van der Waals surface area contributed by atoms with Crippen molar-refractivity contribution in [1.82, 2.24) is 25.0 Å². The Morgan fingerprint density at radius 1 is 1.35 bits per heavy atom. The van der Waals surface area contributed by atoms with Gasteiger partial charge in [-0.15, -0.1) is 0 Å². The van der Waals surface area contributed by atoms with E-state index < -0.39 is 0 Å². The molecule has 0 unspecified atom stereocenters. The van der Waals surface area contributed by atoms with E-state index in [0.717, 1.165) is 28.2 Å². The van der Waals surface area contributed by atoms with E-state index >= 15 is 0 Å². The highest BCUT2D eigenvalue weighted by Crippen LogP contribution is 2.24. The zero-order chi connectivity index (χ0) is 11.8. The maximum absolute atomic E-state index is 4.32. The van der Waals surface area contributed by atoms with Crippen molar-refractivity contribution in [1.29, 1.82) is 0 Å². The van der Waals surface area contributed by atoms with E-state index in [0.29, 0.717) is 0 Å². The van der Waals surface area contributed by atoms with Crippen molar-refractivity contribution in [2.75, 3.05) is 5.32 Å². The van der Waals surface area contributed by atoms with Crippen molar-refractivity contribution in [2.24, 2.45) is 7.05 Å². The molecular weight excluding hydrogens is 216 g/mol. The Kier molecular flexibility index (Phi) is 2.07. The Bertz CT molecular complexity index is 665. The molecule has 3 aromatic heterocycles. The minimum atomic E-state index is 0.771. The van der Waals surface area contributed by atoms with E-state index in [2.05, 4.69) is 25.6 Å². The highest BCUT2D eigenvalue weighted by atomic mass is 15.3. The number of hydrogen-bond donors (Lipinski definition) is 2. The summed E-state index contributed by atoms with van der Waals surface area (Å²) in [4.78, 5) is 4.32. The van der Waals surface area contributed by atoms with Crippen LogP contribution in [0.4, 0.5) is 11.6 Å². The van der Waals surface area contributed by atoms with Crippen LogP contribution < -0.4 is 5.32 Å². The number of pyridine rings is 1. The van der Waals surface area contributed by atoms with Gasteiger partial charge in [0.15, 0.2) is 5.82 Å². The summed E-state index contributed by atoms with van der Waals surface area (Å²) >= 11 is 0. The quantitative estimate of drug-likeness (QED) is 0.700. The molecule has 2 N–H and O–H groups in total. The lowest BCUT2D eigenvalue weighted by Crippen LogP contribution is -1.96. The number of anilines is 2. The Morgan fingerprint density at radius 3 is 3.00 bits per heavy atom. The van der Waals surface area contributed by atoms with Crippen molar-refractivity contribution >= 4 is 22.5 Å². The smallest absolute Gasteiger partial charge is 0.153 e. The first-order valence-electron chi connectivity index (χ1n) is 5.30. The third kappa shape index (κ3) is 1.63. The summed E-state index contributed by atoms with van der Waals surface area (Å²) in [6.07, 6.45) is 3.61. The molecule has 0 aliphatic rings. The summed E-state index contributed by atoms with van der Waals surface area (Å²) < 4.78 is 1.74. The fraction of sp³-hybridized carbons (Fsp3) is 0.182. The van der Waals surface area contributed by atoms with Crippen LogP contribution in [0.25, 0.3) is 10.9 Å². The van der Waals surface area contributed by atoms with Crippen LogP contribution in [0.5, 0.6) is 0 Å². The number of aromatic amines is 1. The van der Waals surface area contributed by atoms with Crippen molar-refractivity contribution in [3.8, 4) is 0 Å². The molecule has 0 aliphatic heterocycles. The van der Waals surface area contributed by atoms with Crippen LogP contribution >= 0.6 is 0 Å². The van der Waals surface area contributed by atoms with Gasteiger partial charge in [-0.3, -0.25) is 9.78 Å². The molecule has 0 aromatic carbocycles. The molecule has 3 rings (SSSR count). The van der Waals surface area contributed by atoms with E-state index in [4.69, 9.17) is 0 Å². The number of H-pyrrole nitrogens is 1. The lowest BCUT2D eigenvalue weighted by Gasteiger charge is -2.03. The number of nitrogens with one attached hydrogen (secondary N) is 2. The predicted octanol–water partition coefficient (Wildman–Crippen LogP) is 1.74. The van der Waals surface area contributed by atoms with Crippen molar-refractivity contribution in [3.63, 3.8) is 0 Å². The summed E-state index contributed by atoms with van der Waals surface area (Å²) in [5.74, 6) is 1.54. The molecule has 3 heterocycles. The first kappa shape index (κ1) is 9.83. The highest BCUT2D eigenvalue weighted by molar-refractivity contribution is 5.92. The highest BCUT2D eigenvalue weighted by Gasteiger charge is 2.09. The first-order chi connectivity index (χ1) is 8.24. The lowest BCUT2D eigenvalue weighted by molar-refractivity contribution is 0.771. The second kappa shape index (κ2) is 3.58. The number of aryl methyl sites for hydroxylation is 2. The second-order valence-corrected chi connectivity index (χ2v) is 3.90. The molecule has 0 saturated carbocycles. The van der Waals surface area contributed by atoms with Gasteiger partial charge in [0.05, 0.1) is 10.9 Å². The molecule has 0 radical (unpaired) electrons. The predicted molar refractivity (Wildman–Crippen MR) is 65.1 cm³/mol. The molecule has 0 amide bonds. The monoisotopic (exact) mass is 228 g/mol. The second-order valence-electron chi connectivity index (χ2n) is 3.90. The molecule has 0 bridgehead atoms. The van der Waals surface area contributed by atoms with E-state index in [9.17, 15) is 0 Å². The fourth-order valence-corrected chi connectivity index (χ4v) is 1.81. The van der Waals surface area contributed by atoms with Gasteiger partial charge in [0, 0.05) is 31.2 Å². The van der Waals surface area contributed by atoms with Gasteiger partial charge in [0.1, 0.15) is 5.82 Å². The minimum Gasteiger partial charge on any atom is -0.323 e. The molecule has 0 atom stereocenters. The number of rotatable bonds is 2. The average Bonchev–Trinajstić information content (AvgIpc) is 2.87. The Balaban J connectivity index is 2.08. The lowest BCUT2D eigenvalue weighted by atomic mass is 10.2. The van der Waals surface area contributed by atoms with E-state index in [1.165, 1.54) is 0 Å². The van der Waals surface area contributed by atoms with E-state index in [-0.39, 0.29) is 0 Å². The zero-order valence-electron chi connectivity index (χ0n) is 9.60. The Hall–Kier alpha value is -2.37. The SMILES string of the molecule is Cc1[nH]nc2ccnc(Nc3ccn(C)n3)c12. The zero-order valence-corrected chi connectivity index (χ0v) is 9.60. The molecule has 17 heavy (non-hydrogen) atoms. The maximum Gasteiger partial charge on any atom is 0.153 e. The van der Waals surface area contributed by atoms with Gasteiger partial charge in [-0.25, -0.2) is 4.98 Å². The van der Waals surface area contributed by atoms with Crippen LogP contribution in [0.3, 0.4) is 0 Å². The van der Waals surface area contributed by atoms with Gasteiger partial charge >= 0.3 is 0 Å². The molecule has 6 heteroatoms. The summed E-state index contributed by atoms with van der Waals surface area (Å²) in [7, 11) is 1.88. The van der Waals surface area contributed by atoms with E-state index in [1.54, 1.807) is 10.9 Å². The van der Waals surface area contributed by atoms with Gasteiger partial charge in [-0.1, -0.05) is 0 Å². The topological polar surface area (TPSA) is 71.4 Å². The molecule has 0 saturated heterocycles. The number of fused-ring (bicyclic) bond motifs is 1. The summed E-state index contributed by atoms with van der Waals surface area (Å²) in [5, 5.41) is 15.6. The van der Waals surface area contributed by atoms with Gasteiger partial charge in [-0.05, 0) is 13.0 Å². The van der Waals surface area contributed by atoms with Crippen LogP contribution in [0, 0.1) is 6.92 Å². The minimum absolute atomic E-state index is 0.771. The van der Waals surface area contributed by atoms with Gasteiger partial charge in [-0.2, -0.15) is 10.2 Å². The van der Waals surface area contributed by atoms with E-state index in [1.807, 2.05) is 32.3 Å². The summed E-state index contributed by atoms with van der Waals surface area (Å²) in [6, 6.07) is 3.78. The molecule has 0 spiro atoms. The normalized spacial score (nSPS) is 10.9. The summed E-state index contributed by atoms with van der Waals surface area (Å²) in [6.45, 7) is 1.97.